The Morgan fingerprint density at radius 1 is 0.356 bits per heavy atom. The predicted octanol–water partition coefficient (Wildman–Crippen LogP) is 16.5. The van der Waals surface area contributed by atoms with E-state index in [1.165, 1.54) is 92.6 Å². The third-order valence-corrected chi connectivity index (χ3v) is 13.5. The van der Waals surface area contributed by atoms with Crippen molar-refractivity contribution in [3.05, 3.63) is 223 Å². The molecule has 9 aromatic carbocycles. The van der Waals surface area contributed by atoms with Crippen molar-refractivity contribution in [3.63, 3.8) is 0 Å². The Bertz CT molecular complexity index is 3190. The minimum absolute atomic E-state index is 0.250. The van der Waals surface area contributed by atoms with Crippen molar-refractivity contribution in [1.29, 1.82) is 0 Å². The molecule has 0 saturated heterocycles. The summed E-state index contributed by atoms with van der Waals surface area (Å²) in [6.07, 6.45) is 0. The van der Waals surface area contributed by atoms with Crippen LogP contribution >= 0.6 is 11.3 Å². The Balaban J connectivity index is 1.27. The molecule has 0 aliphatic heterocycles. The second-order valence-electron chi connectivity index (χ2n) is 16.0. The molecule has 1 aromatic heterocycles. The van der Waals surface area contributed by atoms with Crippen molar-refractivity contribution >= 4 is 48.6 Å². The molecule has 11 rings (SSSR count). The molecule has 0 N–H and O–H groups in total. The maximum atomic E-state index is 2.59. The van der Waals surface area contributed by atoms with Gasteiger partial charge in [0.25, 0.3) is 0 Å². The topological polar surface area (TPSA) is 3.24 Å². The normalized spacial score (nSPS) is 12.7. The van der Waals surface area contributed by atoms with Crippen molar-refractivity contribution in [2.75, 3.05) is 4.90 Å². The third kappa shape index (κ3) is 5.67. The van der Waals surface area contributed by atoms with E-state index in [1.54, 1.807) is 0 Å². The standard InChI is InChI=1S/C57H41NS/c1-57(2)49-33-14-11-25-42(49)46-30-19-36-52(55(46)57)58(50-34-15-12-26-43(50)47-31-17-32-48-44-27-13-16-37-53(44)59-56(47)48)51-35-18-29-41(39-22-7-4-8-23-39)54(51)45-28-10-9-24-40(45)38-20-5-3-6-21-38/h3-37H,1-2H3. The number of benzene rings is 9. The highest BCUT2D eigenvalue weighted by atomic mass is 32.1. The van der Waals surface area contributed by atoms with E-state index in [9.17, 15) is 0 Å². The molecule has 10 aromatic rings. The number of para-hydroxylation sites is 1. The number of rotatable bonds is 7. The molecule has 2 heteroatoms. The van der Waals surface area contributed by atoms with Crippen LogP contribution in [-0.2, 0) is 5.41 Å². The highest BCUT2D eigenvalue weighted by Gasteiger charge is 2.39. The lowest BCUT2D eigenvalue weighted by atomic mass is 9.81. The van der Waals surface area contributed by atoms with Crippen LogP contribution in [0, 0.1) is 0 Å². The lowest BCUT2D eigenvalue weighted by Crippen LogP contribution is -2.21. The summed E-state index contributed by atoms with van der Waals surface area (Å²) in [5, 5.41) is 2.60. The fraction of sp³-hybridized carbons (Fsp3) is 0.0526. The summed E-state index contributed by atoms with van der Waals surface area (Å²) in [6.45, 7) is 4.80. The van der Waals surface area contributed by atoms with Gasteiger partial charge in [-0.3, -0.25) is 0 Å². The van der Waals surface area contributed by atoms with Crippen LogP contribution < -0.4 is 4.90 Å². The van der Waals surface area contributed by atoms with E-state index < -0.39 is 0 Å². The quantitative estimate of drug-likeness (QED) is 0.156. The average Bonchev–Trinajstić information content (AvgIpc) is 3.80. The van der Waals surface area contributed by atoms with E-state index >= 15 is 0 Å². The Morgan fingerprint density at radius 2 is 0.864 bits per heavy atom. The summed E-state index contributed by atoms with van der Waals surface area (Å²) in [6, 6.07) is 78.2. The maximum Gasteiger partial charge on any atom is 0.0546 e. The summed E-state index contributed by atoms with van der Waals surface area (Å²) in [4.78, 5) is 2.59. The number of hydrogen-bond acceptors (Lipinski definition) is 2. The minimum Gasteiger partial charge on any atom is -0.309 e. The highest BCUT2D eigenvalue weighted by molar-refractivity contribution is 7.26. The molecule has 0 amide bonds. The number of thiophene rings is 1. The van der Waals surface area contributed by atoms with Crippen molar-refractivity contribution in [2.24, 2.45) is 0 Å². The van der Waals surface area contributed by atoms with Gasteiger partial charge in [-0.25, -0.2) is 0 Å². The molecule has 59 heavy (non-hydrogen) atoms. The van der Waals surface area contributed by atoms with Crippen LogP contribution in [0.2, 0.25) is 0 Å². The number of hydrogen-bond donors (Lipinski definition) is 0. The third-order valence-electron chi connectivity index (χ3n) is 12.3. The SMILES string of the molecule is CC1(C)c2ccccc2-c2cccc(N(c3ccccc3-c3cccc4c3sc3ccccc34)c3cccc(-c4ccccc4)c3-c3ccccc3-c3ccccc3)c21. The van der Waals surface area contributed by atoms with Crippen molar-refractivity contribution in [3.8, 4) is 55.6 Å². The van der Waals surface area contributed by atoms with Gasteiger partial charge in [0.05, 0.1) is 17.1 Å². The zero-order valence-corrected chi connectivity index (χ0v) is 33.9. The van der Waals surface area contributed by atoms with Gasteiger partial charge in [-0.1, -0.05) is 202 Å². The molecule has 0 unspecified atom stereocenters. The van der Waals surface area contributed by atoms with Gasteiger partial charge in [0.1, 0.15) is 0 Å². The van der Waals surface area contributed by atoms with E-state index in [1.807, 2.05) is 11.3 Å². The molecule has 1 aliphatic carbocycles. The van der Waals surface area contributed by atoms with Gasteiger partial charge >= 0.3 is 0 Å². The van der Waals surface area contributed by atoms with Gasteiger partial charge in [0.15, 0.2) is 0 Å². The van der Waals surface area contributed by atoms with Gasteiger partial charge in [-0.2, -0.15) is 0 Å². The second kappa shape index (κ2) is 14.1. The number of nitrogens with zero attached hydrogens (tertiary/aromatic N) is 1. The van der Waals surface area contributed by atoms with Crippen LogP contribution in [-0.4, -0.2) is 0 Å². The van der Waals surface area contributed by atoms with Crippen molar-refractivity contribution in [1.82, 2.24) is 0 Å². The van der Waals surface area contributed by atoms with Crippen LogP contribution in [0.15, 0.2) is 212 Å². The van der Waals surface area contributed by atoms with Crippen molar-refractivity contribution < 1.29 is 0 Å². The Kier molecular flexibility index (Phi) is 8.43. The molecule has 0 saturated carbocycles. The van der Waals surface area contributed by atoms with E-state index in [0.717, 1.165) is 11.4 Å². The second-order valence-corrected chi connectivity index (χ2v) is 17.0. The van der Waals surface area contributed by atoms with Crippen molar-refractivity contribution in [2.45, 2.75) is 19.3 Å². The summed E-state index contributed by atoms with van der Waals surface area (Å²) in [5.41, 5.74) is 18.1. The average molecular weight is 772 g/mol. The first kappa shape index (κ1) is 35.2. The van der Waals surface area contributed by atoms with E-state index in [-0.39, 0.29) is 5.41 Å². The Labute approximate surface area is 350 Å². The van der Waals surface area contributed by atoms with Gasteiger partial charge < -0.3 is 4.90 Å². The van der Waals surface area contributed by atoms with E-state index in [0.29, 0.717) is 0 Å². The minimum atomic E-state index is -0.250. The molecule has 0 fully saturated rings. The van der Waals surface area contributed by atoms with Crippen LogP contribution in [0.25, 0.3) is 75.8 Å². The molecule has 1 heterocycles. The highest BCUT2D eigenvalue weighted by Crippen LogP contribution is 2.57. The molecular formula is C57H41NS. The molecule has 1 nitrogen and oxygen atoms in total. The first-order valence-electron chi connectivity index (χ1n) is 20.4. The smallest absolute Gasteiger partial charge is 0.0546 e. The van der Waals surface area contributed by atoms with E-state index in [4.69, 9.17) is 0 Å². The van der Waals surface area contributed by atoms with E-state index in [2.05, 4.69) is 231 Å². The molecule has 0 atom stereocenters. The van der Waals surface area contributed by atoms with Gasteiger partial charge in [-0.05, 0) is 74.3 Å². The van der Waals surface area contributed by atoms with Gasteiger partial charge in [0.2, 0.25) is 0 Å². The lowest BCUT2D eigenvalue weighted by Gasteiger charge is -2.35. The summed E-state index contributed by atoms with van der Waals surface area (Å²) < 4.78 is 2.61. The molecule has 1 aliphatic rings. The maximum absolute atomic E-state index is 2.59. The van der Waals surface area contributed by atoms with Crippen LogP contribution in [0.1, 0.15) is 25.0 Å². The van der Waals surface area contributed by atoms with Crippen LogP contribution in [0.3, 0.4) is 0 Å². The van der Waals surface area contributed by atoms with Gasteiger partial charge in [-0.15, -0.1) is 11.3 Å². The first-order valence-corrected chi connectivity index (χ1v) is 21.3. The largest absolute Gasteiger partial charge is 0.309 e. The zero-order valence-electron chi connectivity index (χ0n) is 33.1. The first-order chi connectivity index (χ1) is 29.1. The monoisotopic (exact) mass is 771 g/mol. The molecule has 0 bridgehead atoms. The molecular weight excluding hydrogens is 731 g/mol. The zero-order chi connectivity index (χ0) is 39.5. The predicted molar refractivity (Wildman–Crippen MR) is 253 cm³/mol. The summed E-state index contributed by atoms with van der Waals surface area (Å²) in [7, 11) is 0. The van der Waals surface area contributed by atoms with Gasteiger partial charge in [0, 0.05) is 42.3 Å². The lowest BCUT2D eigenvalue weighted by molar-refractivity contribution is 0.661. The molecule has 0 spiro atoms. The molecule has 0 radical (unpaired) electrons. The van der Waals surface area contributed by atoms with Crippen LogP contribution in [0.4, 0.5) is 17.1 Å². The summed E-state index contributed by atoms with van der Waals surface area (Å²) in [5.74, 6) is 0. The molecule has 280 valence electrons. The Hall–Kier alpha value is -7.00. The van der Waals surface area contributed by atoms with Crippen LogP contribution in [0.5, 0.6) is 0 Å². The number of anilines is 3. The fourth-order valence-corrected chi connectivity index (χ4v) is 10.9. The Morgan fingerprint density at radius 3 is 1.64 bits per heavy atom. The summed E-state index contributed by atoms with van der Waals surface area (Å²) >= 11 is 1.89. The fourth-order valence-electron chi connectivity index (χ4n) is 9.69. The number of fused-ring (bicyclic) bond motifs is 6.